The molecule has 1 aliphatic heterocycles. The van der Waals surface area contributed by atoms with Crippen LogP contribution in [0.15, 0.2) is 48.8 Å². The van der Waals surface area contributed by atoms with Gasteiger partial charge in [-0.25, -0.2) is 9.97 Å². The number of aromatic nitrogens is 4. The zero-order valence-electron chi connectivity index (χ0n) is 16.6. The lowest BCUT2D eigenvalue weighted by Gasteiger charge is -2.34. The maximum Gasteiger partial charge on any atom is 0.141 e. The number of morpholine rings is 1. The van der Waals surface area contributed by atoms with Crippen LogP contribution in [0.3, 0.4) is 0 Å². The minimum absolute atomic E-state index is 0.0839. The van der Waals surface area contributed by atoms with Gasteiger partial charge in [-0.15, -0.1) is 11.3 Å². The van der Waals surface area contributed by atoms with Crippen LogP contribution >= 0.6 is 11.3 Å². The third-order valence-electron chi connectivity index (χ3n) is 5.13. The van der Waals surface area contributed by atoms with Gasteiger partial charge in [0.15, 0.2) is 0 Å². The third kappa shape index (κ3) is 3.75. The molecule has 0 N–H and O–H groups in total. The van der Waals surface area contributed by atoms with Crippen molar-refractivity contribution in [2.24, 2.45) is 0 Å². The third-order valence-corrected chi connectivity index (χ3v) is 6.21. The predicted molar refractivity (Wildman–Crippen MR) is 117 cm³/mol. The molecule has 3 aromatic heterocycles. The first-order valence-corrected chi connectivity index (χ1v) is 10.7. The molecule has 29 heavy (non-hydrogen) atoms. The van der Waals surface area contributed by atoms with Gasteiger partial charge in [0.05, 0.1) is 30.8 Å². The molecule has 1 atom stereocenters. The highest BCUT2D eigenvalue weighted by molar-refractivity contribution is 7.21. The monoisotopic (exact) mass is 405 g/mol. The second-order valence-corrected chi connectivity index (χ2v) is 8.50. The van der Waals surface area contributed by atoms with E-state index in [4.69, 9.17) is 14.7 Å². The van der Waals surface area contributed by atoms with Crippen molar-refractivity contribution in [2.45, 2.75) is 26.5 Å². The fraction of sp³-hybridized carbons (Fsp3) is 0.318. The molecule has 1 aromatic carbocycles. The molecule has 148 valence electrons. The van der Waals surface area contributed by atoms with E-state index in [0.717, 1.165) is 47.1 Å². The smallest absolute Gasteiger partial charge is 0.141 e. The number of ether oxygens (including phenoxy) is 1. The SMILES string of the molecule is Cc1cnn(CC2CN(c3nc(C)nc4sc(-c5ccccc5)cc34)CCO2)c1. The van der Waals surface area contributed by atoms with Crippen molar-refractivity contribution in [1.82, 2.24) is 19.7 Å². The van der Waals surface area contributed by atoms with Crippen LogP contribution in [0, 0.1) is 13.8 Å². The Morgan fingerprint density at radius 3 is 2.83 bits per heavy atom. The van der Waals surface area contributed by atoms with Crippen molar-refractivity contribution in [3.8, 4) is 10.4 Å². The largest absolute Gasteiger partial charge is 0.373 e. The molecule has 1 fully saturated rings. The van der Waals surface area contributed by atoms with Crippen molar-refractivity contribution >= 4 is 27.4 Å². The Balaban J connectivity index is 1.46. The van der Waals surface area contributed by atoms with E-state index in [1.165, 1.54) is 10.4 Å². The van der Waals surface area contributed by atoms with Crippen LogP contribution in [0.2, 0.25) is 0 Å². The predicted octanol–water partition coefficient (Wildman–Crippen LogP) is 4.08. The van der Waals surface area contributed by atoms with Crippen molar-refractivity contribution < 1.29 is 4.74 Å². The Hall–Kier alpha value is -2.77. The van der Waals surface area contributed by atoms with Gasteiger partial charge in [-0.05, 0) is 31.0 Å². The van der Waals surface area contributed by atoms with E-state index in [-0.39, 0.29) is 6.10 Å². The molecule has 4 heterocycles. The van der Waals surface area contributed by atoms with E-state index in [0.29, 0.717) is 6.61 Å². The average Bonchev–Trinajstić information content (AvgIpc) is 3.34. The second-order valence-electron chi connectivity index (χ2n) is 7.47. The summed E-state index contributed by atoms with van der Waals surface area (Å²) in [5.41, 5.74) is 2.38. The highest BCUT2D eigenvalue weighted by atomic mass is 32.1. The summed E-state index contributed by atoms with van der Waals surface area (Å²) in [5.74, 6) is 1.82. The van der Waals surface area contributed by atoms with Gasteiger partial charge < -0.3 is 9.64 Å². The van der Waals surface area contributed by atoms with Crippen molar-refractivity contribution in [3.63, 3.8) is 0 Å². The molecule has 0 amide bonds. The van der Waals surface area contributed by atoms with E-state index in [2.05, 4.69) is 53.5 Å². The zero-order valence-corrected chi connectivity index (χ0v) is 17.4. The van der Waals surface area contributed by atoms with Crippen molar-refractivity contribution in [3.05, 3.63) is 60.2 Å². The van der Waals surface area contributed by atoms with Crippen LogP contribution in [-0.2, 0) is 11.3 Å². The molecule has 7 heteroatoms. The van der Waals surface area contributed by atoms with Crippen molar-refractivity contribution in [2.75, 3.05) is 24.6 Å². The molecule has 0 saturated carbocycles. The van der Waals surface area contributed by atoms with Crippen LogP contribution in [0.4, 0.5) is 5.82 Å². The molecular weight excluding hydrogens is 382 g/mol. The molecule has 0 spiro atoms. The van der Waals surface area contributed by atoms with E-state index in [9.17, 15) is 0 Å². The summed E-state index contributed by atoms with van der Waals surface area (Å²) in [4.78, 5) is 14.1. The first kappa shape index (κ1) is 18.3. The molecule has 5 rings (SSSR count). The molecule has 4 aromatic rings. The fourth-order valence-electron chi connectivity index (χ4n) is 3.79. The number of rotatable bonds is 4. The number of anilines is 1. The molecule has 6 nitrogen and oxygen atoms in total. The van der Waals surface area contributed by atoms with E-state index in [1.54, 1.807) is 11.3 Å². The van der Waals surface area contributed by atoms with Gasteiger partial charge in [-0.3, -0.25) is 4.68 Å². The number of hydrogen-bond acceptors (Lipinski definition) is 6. The minimum atomic E-state index is 0.0839. The van der Waals surface area contributed by atoms with Crippen LogP contribution in [0.1, 0.15) is 11.4 Å². The first-order chi connectivity index (χ1) is 14.2. The van der Waals surface area contributed by atoms with E-state index in [1.807, 2.05) is 23.9 Å². The van der Waals surface area contributed by atoms with Gasteiger partial charge in [-0.2, -0.15) is 5.10 Å². The van der Waals surface area contributed by atoms with Gasteiger partial charge in [0.1, 0.15) is 16.5 Å². The maximum absolute atomic E-state index is 6.02. The summed E-state index contributed by atoms with van der Waals surface area (Å²) < 4.78 is 7.98. The van der Waals surface area contributed by atoms with E-state index >= 15 is 0 Å². The van der Waals surface area contributed by atoms with Gasteiger partial charge in [0.2, 0.25) is 0 Å². The summed E-state index contributed by atoms with van der Waals surface area (Å²) in [7, 11) is 0. The minimum Gasteiger partial charge on any atom is -0.373 e. The first-order valence-electron chi connectivity index (χ1n) is 9.85. The Morgan fingerprint density at radius 2 is 2.03 bits per heavy atom. The number of fused-ring (bicyclic) bond motifs is 1. The van der Waals surface area contributed by atoms with E-state index < -0.39 is 0 Å². The molecule has 1 aliphatic rings. The Morgan fingerprint density at radius 1 is 1.17 bits per heavy atom. The van der Waals surface area contributed by atoms with Gasteiger partial charge in [-0.1, -0.05) is 30.3 Å². The normalized spacial score (nSPS) is 17.2. The summed E-state index contributed by atoms with van der Waals surface area (Å²) in [6.45, 7) is 7.08. The lowest BCUT2D eigenvalue weighted by molar-refractivity contribution is 0.0272. The van der Waals surface area contributed by atoms with Gasteiger partial charge in [0, 0.05) is 24.2 Å². The van der Waals surface area contributed by atoms with Crippen LogP contribution in [0.5, 0.6) is 0 Å². The average molecular weight is 406 g/mol. The van der Waals surface area contributed by atoms with Gasteiger partial charge in [0.25, 0.3) is 0 Å². The Labute approximate surface area is 173 Å². The highest BCUT2D eigenvalue weighted by Gasteiger charge is 2.25. The number of benzene rings is 1. The number of nitrogens with zero attached hydrogens (tertiary/aromatic N) is 5. The lowest BCUT2D eigenvalue weighted by Crippen LogP contribution is -2.44. The molecular formula is C22H23N5OS. The van der Waals surface area contributed by atoms with Crippen molar-refractivity contribution in [1.29, 1.82) is 0 Å². The van der Waals surface area contributed by atoms with Crippen LogP contribution in [0.25, 0.3) is 20.7 Å². The molecule has 0 aliphatic carbocycles. The molecule has 0 radical (unpaired) electrons. The Bertz CT molecular complexity index is 1140. The zero-order chi connectivity index (χ0) is 19.8. The highest BCUT2D eigenvalue weighted by Crippen LogP contribution is 2.37. The van der Waals surface area contributed by atoms with Gasteiger partial charge >= 0.3 is 0 Å². The molecule has 1 unspecified atom stereocenters. The molecule has 0 bridgehead atoms. The topological polar surface area (TPSA) is 56.1 Å². The number of thiophene rings is 1. The van der Waals surface area contributed by atoms with Crippen LogP contribution in [-0.4, -0.2) is 45.5 Å². The summed E-state index contributed by atoms with van der Waals surface area (Å²) in [6.07, 6.45) is 4.02. The summed E-state index contributed by atoms with van der Waals surface area (Å²) in [6, 6.07) is 12.7. The quantitative estimate of drug-likeness (QED) is 0.512. The number of hydrogen-bond donors (Lipinski definition) is 0. The van der Waals surface area contributed by atoms with Crippen LogP contribution < -0.4 is 4.90 Å². The summed E-state index contributed by atoms with van der Waals surface area (Å²) in [5, 5.41) is 5.52. The lowest BCUT2D eigenvalue weighted by atomic mass is 10.1. The Kier molecular flexibility index (Phi) is 4.77. The summed E-state index contributed by atoms with van der Waals surface area (Å²) >= 11 is 1.73. The number of aryl methyl sites for hydroxylation is 2. The maximum atomic E-state index is 6.02. The fourth-order valence-corrected chi connectivity index (χ4v) is 4.87. The second kappa shape index (κ2) is 7.57. The standard InChI is InChI=1S/C22H23N5OS/c1-15-11-23-27(12-15)14-18-13-26(8-9-28-18)21-19-10-20(17-6-4-3-5-7-17)29-22(19)25-16(2)24-21/h3-7,10-12,18H,8-9,13-14H2,1-2H3. The molecule has 1 saturated heterocycles.